The van der Waals surface area contributed by atoms with E-state index in [0.717, 1.165) is 16.4 Å². The fraction of sp³-hybridized carbons (Fsp3) is 0.200. The van der Waals surface area contributed by atoms with E-state index in [9.17, 15) is 36.7 Å². The summed E-state index contributed by atoms with van der Waals surface area (Å²) in [6.45, 7) is -1.43. The summed E-state index contributed by atoms with van der Waals surface area (Å²) < 4.78 is 59.1. The first-order chi connectivity index (χ1) is 16.0. The topological polar surface area (TPSA) is 206 Å². The molecule has 0 saturated heterocycles. The van der Waals surface area contributed by atoms with Crippen molar-refractivity contribution in [1.29, 1.82) is 0 Å². The van der Waals surface area contributed by atoms with Gasteiger partial charge >= 0.3 is 29.6 Å². The normalized spacial score (nSPS) is 12.3. The minimum absolute atomic E-state index is 0. The molecule has 0 aliphatic rings. The average Bonchev–Trinajstić information content (AvgIpc) is 2.78. The predicted octanol–water partition coefficient (Wildman–Crippen LogP) is -1.86. The molecule has 0 aliphatic heterocycles. The van der Waals surface area contributed by atoms with E-state index in [1.165, 1.54) is 36.4 Å². The molecule has 3 aromatic carbocycles. The van der Waals surface area contributed by atoms with Crippen LogP contribution in [0.3, 0.4) is 0 Å². The Bertz CT molecular complexity index is 1460. The van der Waals surface area contributed by atoms with Gasteiger partial charge in [-0.3, -0.25) is 4.55 Å². The molecule has 0 aliphatic carbocycles. The number of nitrogen functional groups attached to an aromatic ring is 1. The smallest absolute Gasteiger partial charge is 0.872 e. The second kappa shape index (κ2) is 11.7. The largest absolute Gasteiger partial charge is 1.00 e. The summed E-state index contributed by atoms with van der Waals surface area (Å²) in [7, 11) is -8.80. The van der Waals surface area contributed by atoms with Gasteiger partial charge in [0.2, 0.25) is 10.0 Å². The third-order valence-electron chi connectivity index (χ3n) is 4.80. The van der Waals surface area contributed by atoms with Gasteiger partial charge in [-0.1, -0.05) is 23.9 Å². The van der Waals surface area contributed by atoms with Crippen molar-refractivity contribution in [2.75, 3.05) is 32.0 Å². The summed E-state index contributed by atoms with van der Waals surface area (Å²) in [5.74, 6) is -0.788. The van der Waals surface area contributed by atoms with Crippen molar-refractivity contribution in [2.24, 2.45) is 10.2 Å². The van der Waals surface area contributed by atoms with Crippen molar-refractivity contribution in [3.63, 3.8) is 0 Å². The van der Waals surface area contributed by atoms with E-state index in [2.05, 4.69) is 10.2 Å². The summed E-state index contributed by atoms with van der Waals surface area (Å²) in [5.41, 5.74) is 5.77. The number of benzene rings is 3. The molecule has 0 radical (unpaired) electrons. The summed E-state index contributed by atoms with van der Waals surface area (Å²) in [5, 5.41) is 39.0. The molecule has 0 saturated carbocycles. The summed E-state index contributed by atoms with van der Waals surface area (Å²) in [6.07, 6.45) is 0. The molecule has 0 fully saturated rings. The van der Waals surface area contributed by atoms with Gasteiger partial charge in [0.05, 0.1) is 23.8 Å². The third-order valence-corrected chi connectivity index (χ3v) is 7.57. The van der Waals surface area contributed by atoms with E-state index in [-0.39, 0.29) is 75.4 Å². The van der Waals surface area contributed by atoms with Crippen LogP contribution >= 0.6 is 0 Å². The number of hydrogen-bond acceptors (Lipinski definition) is 10. The number of rotatable bonds is 9. The minimum Gasteiger partial charge on any atom is -0.872 e. The van der Waals surface area contributed by atoms with Crippen LogP contribution in [0.1, 0.15) is 0 Å². The number of aliphatic hydroxyl groups is 2. The quantitative estimate of drug-likeness (QED) is 0.105. The second-order valence-corrected chi connectivity index (χ2v) is 10.3. The Hall–Kier alpha value is -2.14. The Morgan fingerprint density at radius 3 is 2.17 bits per heavy atom. The molecule has 0 aromatic heterocycles. The molecule has 35 heavy (non-hydrogen) atoms. The Labute approximate surface area is 223 Å². The van der Waals surface area contributed by atoms with E-state index in [1.807, 2.05) is 0 Å². The van der Waals surface area contributed by atoms with Crippen molar-refractivity contribution in [2.45, 2.75) is 9.79 Å². The van der Waals surface area contributed by atoms with Crippen molar-refractivity contribution in [3.05, 3.63) is 48.5 Å². The van der Waals surface area contributed by atoms with Crippen LogP contribution in [0.5, 0.6) is 5.75 Å². The molecule has 5 N–H and O–H groups in total. The molecular weight excluding hydrogens is 511 g/mol. The van der Waals surface area contributed by atoms with Gasteiger partial charge < -0.3 is 21.1 Å². The molecule has 3 aromatic rings. The van der Waals surface area contributed by atoms with Gasteiger partial charge in [0.25, 0.3) is 10.1 Å². The molecule has 0 unspecified atom stereocenters. The van der Waals surface area contributed by atoms with Gasteiger partial charge in [-0.05, 0) is 35.7 Å². The van der Waals surface area contributed by atoms with Gasteiger partial charge in [0, 0.05) is 18.5 Å². The van der Waals surface area contributed by atoms with Crippen LogP contribution in [0.2, 0.25) is 0 Å². The zero-order chi connectivity index (χ0) is 25.1. The zero-order valence-electron chi connectivity index (χ0n) is 18.6. The summed E-state index contributed by atoms with van der Waals surface area (Å²) in [4.78, 5) is -0.850. The van der Waals surface area contributed by atoms with Gasteiger partial charge in [-0.2, -0.15) is 12.7 Å². The molecule has 15 heteroatoms. The minimum atomic E-state index is -4.63. The van der Waals surface area contributed by atoms with Crippen LogP contribution in [0.25, 0.3) is 10.8 Å². The average molecular weight is 533 g/mol. The van der Waals surface area contributed by atoms with Crippen LogP contribution < -0.4 is 40.4 Å². The SMILES string of the molecule is Nc1ccc2cc(S(=O)(=O)O)cc([O-])c2c1N=Nc1ccccc1S(=O)(=O)N(CCO)CCO.[Na+]. The number of aliphatic hydroxyl groups excluding tert-OH is 2. The van der Waals surface area contributed by atoms with Crippen LogP contribution in [-0.2, 0) is 20.1 Å². The number of azo groups is 1. The molecule has 182 valence electrons. The van der Waals surface area contributed by atoms with E-state index >= 15 is 0 Å². The molecule has 0 heterocycles. The molecule has 0 bridgehead atoms. The maximum Gasteiger partial charge on any atom is 1.00 e. The Morgan fingerprint density at radius 1 is 0.943 bits per heavy atom. The Balaban J connectivity index is 0.00000432. The van der Waals surface area contributed by atoms with Gasteiger partial charge in [0.15, 0.2) is 0 Å². The predicted molar refractivity (Wildman–Crippen MR) is 121 cm³/mol. The molecule has 3 rings (SSSR count). The molecule has 0 atom stereocenters. The first-order valence-corrected chi connectivity index (χ1v) is 12.6. The molecule has 0 spiro atoms. The van der Waals surface area contributed by atoms with Gasteiger partial charge in [0.1, 0.15) is 16.3 Å². The van der Waals surface area contributed by atoms with Crippen LogP contribution in [0, 0.1) is 0 Å². The second-order valence-electron chi connectivity index (χ2n) is 7.02. The van der Waals surface area contributed by atoms with Crippen molar-refractivity contribution in [1.82, 2.24) is 4.31 Å². The number of nitrogens with two attached hydrogens (primary N) is 1. The maximum absolute atomic E-state index is 13.1. The van der Waals surface area contributed by atoms with Crippen molar-refractivity contribution >= 4 is 48.0 Å². The van der Waals surface area contributed by atoms with E-state index in [1.54, 1.807) is 0 Å². The Morgan fingerprint density at radius 2 is 1.57 bits per heavy atom. The number of nitrogens with zero attached hydrogens (tertiary/aromatic N) is 3. The molecule has 0 amide bonds. The van der Waals surface area contributed by atoms with Crippen LogP contribution in [0.15, 0.2) is 68.6 Å². The number of hydrogen-bond donors (Lipinski definition) is 4. The number of fused-ring (bicyclic) bond motifs is 1. The molecular formula is C20H21N4NaO8S2. The van der Waals surface area contributed by atoms with Crippen molar-refractivity contribution < 1.29 is 66.3 Å². The number of sulfonamides is 1. The fourth-order valence-corrected chi connectivity index (χ4v) is 5.31. The zero-order valence-corrected chi connectivity index (χ0v) is 22.2. The first-order valence-electron chi connectivity index (χ1n) is 9.74. The summed E-state index contributed by atoms with van der Waals surface area (Å²) >= 11 is 0. The molecule has 12 nitrogen and oxygen atoms in total. The third kappa shape index (κ3) is 6.35. The number of anilines is 1. The monoisotopic (exact) mass is 532 g/mol. The van der Waals surface area contributed by atoms with Crippen molar-refractivity contribution in [3.8, 4) is 5.75 Å². The van der Waals surface area contributed by atoms with E-state index < -0.39 is 44.0 Å². The van der Waals surface area contributed by atoms with Gasteiger partial charge in [-0.15, -0.1) is 10.2 Å². The van der Waals surface area contributed by atoms with E-state index in [4.69, 9.17) is 5.73 Å². The van der Waals surface area contributed by atoms with Crippen LogP contribution in [0.4, 0.5) is 17.1 Å². The van der Waals surface area contributed by atoms with Crippen LogP contribution in [-0.4, -0.2) is 62.2 Å². The summed E-state index contributed by atoms with van der Waals surface area (Å²) in [6, 6.07) is 10.1. The fourth-order valence-electron chi connectivity index (χ4n) is 3.23. The van der Waals surface area contributed by atoms with E-state index in [0.29, 0.717) is 0 Å². The van der Waals surface area contributed by atoms with Gasteiger partial charge in [-0.25, -0.2) is 8.42 Å². The standard InChI is InChI=1S/C20H22N4O8S2.Na/c21-15-6-5-13-11-14(34(30,31)32)12-17(27)19(13)20(15)23-22-16-3-1-2-4-18(16)33(28,29)24(7-9-25)8-10-26;/h1-6,11-12,25-27H,7-10,21H2,(H,30,31,32);/q;+1/p-1. The Kier molecular flexibility index (Phi) is 9.75. The maximum atomic E-state index is 13.1. The first kappa shape index (κ1) is 29.1.